The van der Waals surface area contributed by atoms with Crippen LogP contribution in [0.15, 0.2) is 24.3 Å². The topological polar surface area (TPSA) is 63.6 Å². The average Bonchev–Trinajstić information content (AvgIpc) is 1.91. The Morgan fingerprint density at radius 1 is 1.50 bits per heavy atom. The molecule has 0 spiro atoms. The molecule has 0 saturated heterocycles. The first kappa shape index (κ1) is 7.90. The van der Waals surface area contributed by atoms with E-state index in [-0.39, 0.29) is 0 Å². The van der Waals surface area contributed by atoms with Crippen LogP contribution in [0.4, 0.5) is 3.89 Å². The highest BCUT2D eigenvalue weighted by Gasteiger charge is 2.23. The molecule has 0 fully saturated rings. The van der Waals surface area contributed by atoms with Gasteiger partial charge in [-0.25, -0.2) is 4.18 Å². The molecule has 0 bridgehead atoms. The minimum Gasteiger partial charge on any atom is -0.386 e. The molecular weight excluding hydrogens is 187 g/mol. The molecule has 1 aliphatic rings. The standard InChI is InChI=1S/C6H7FO4S/c7-12(9,10)11-6-4-2-1-3-5(6)8/h1-6,8H/i5D. The van der Waals surface area contributed by atoms with Crippen molar-refractivity contribution in [3.63, 3.8) is 0 Å². The highest BCUT2D eigenvalue weighted by Crippen LogP contribution is 2.12. The number of aliphatic hydroxyl groups is 1. The first-order valence-electron chi connectivity index (χ1n) is 3.52. The van der Waals surface area contributed by atoms with Gasteiger partial charge in [0, 0.05) is 0 Å². The van der Waals surface area contributed by atoms with E-state index in [1.807, 2.05) is 0 Å². The molecule has 1 rings (SSSR count). The molecule has 0 amide bonds. The van der Waals surface area contributed by atoms with Gasteiger partial charge in [-0.1, -0.05) is 28.2 Å². The smallest absolute Gasteiger partial charge is 0.386 e. The molecule has 4 nitrogen and oxygen atoms in total. The van der Waals surface area contributed by atoms with Crippen molar-refractivity contribution in [2.45, 2.75) is 12.2 Å². The van der Waals surface area contributed by atoms with Crippen LogP contribution in [0.5, 0.6) is 0 Å². The lowest BCUT2D eigenvalue weighted by molar-refractivity contribution is 0.0951. The number of hydrogen-bond acceptors (Lipinski definition) is 4. The molecular formula is C6H7FO4S. The molecule has 0 aromatic carbocycles. The zero-order chi connectivity index (χ0) is 10.1. The quantitative estimate of drug-likeness (QED) is 0.633. The lowest BCUT2D eigenvalue weighted by Gasteiger charge is -2.16. The van der Waals surface area contributed by atoms with Gasteiger partial charge >= 0.3 is 10.5 Å². The largest absolute Gasteiger partial charge is 0.438 e. The van der Waals surface area contributed by atoms with Crippen LogP contribution in [0.25, 0.3) is 0 Å². The Morgan fingerprint density at radius 2 is 2.08 bits per heavy atom. The maximum atomic E-state index is 12.0. The van der Waals surface area contributed by atoms with Crippen LogP contribution in [-0.2, 0) is 14.7 Å². The lowest BCUT2D eigenvalue weighted by atomic mass is 10.1. The predicted molar refractivity (Wildman–Crippen MR) is 39.2 cm³/mol. The molecule has 6 heteroatoms. The predicted octanol–water partition coefficient (Wildman–Crippen LogP) is 0.0728. The van der Waals surface area contributed by atoms with E-state index in [4.69, 9.17) is 1.37 Å². The van der Waals surface area contributed by atoms with E-state index >= 15 is 0 Å². The van der Waals surface area contributed by atoms with Crippen LogP contribution < -0.4 is 0 Å². The van der Waals surface area contributed by atoms with Crippen LogP contribution in [0, 0.1) is 0 Å². The van der Waals surface area contributed by atoms with Gasteiger partial charge in [0.05, 0.1) is 1.37 Å². The van der Waals surface area contributed by atoms with Gasteiger partial charge in [-0.3, -0.25) is 0 Å². The molecule has 68 valence electrons. The first-order chi connectivity index (χ1) is 5.81. The molecule has 12 heavy (non-hydrogen) atoms. The second-order valence-corrected chi connectivity index (χ2v) is 3.06. The molecule has 0 radical (unpaired) electrons. The van der Waals surface area contributed by atoms with Gasteiger partial charge in [0.15, 0.2) is 0 Å². The third kappa shape index (κ3) is 2.72. The van der Waals surface area contributed by atoms with Gasteiger partial charge in [0.2, 0.25) is 0 Å². The molecule has 1 N–H and O–H groups in total. The summed E-state index contributed by atoms with van der Waals surface area (Å²) in [5, 5.41) is 9.17. The third-order valence-corrected chi connectivity index (χ3v) is 1.61. The second-order valence-electron chi connectivity index (χ2n) is 2.08. The lowest BCUT2D eigenvalue weighted by Crippen LogP contribution is -2.28. The van der Waals surface area contributed by atoms with Crippen molar-refractivity contribution in [2.75, 3.05) is 0 Å². The summed E-state index contributed by atoms with van der Waals surface area (Å²) in [5.41, 5.74) is 0. The third-order valence-electron chi connectivity index (χ3n) is 1.17. The molecule has 0 saturated carbocycles. The number of hydrogen-bond donors (Lipinski definition) is 1. The van der Waals surface area contributed by atoms with Crippen LogP contribution in [0.2, 0.25) is 0 Å². The minimum atomic E-state index is -5.16. The van der Waals surface area contributed by atoms with Gasteiger partial charge in [0.25, 0.3) is 0 Å². The van der Waals surface area contributed by atoms with E-state index in [2.05, 4.69) is 4.18 Å². The zero-order valence-electron chi connectivity index (χ0n) is 6.84. The van der Waals surface area contributed by atoms with E-state index < -0.39 is 22.7 Å². The van der Waals surface area contributed by atoms with Gasteiger partial charge in [-0.05, 0) is 0 Å². The SMILES string of the molecule is [2H]C1(O)C=CC=CC1OS(=O)(=O)F. The van der Waals surface area contributed by atoms with Crippen LogP contribution in [0.1, 0.15) is 1.37 Å². The minimum absolute atomic E-state index is 0.989. The molecule has 0 aromatic rings. The summed E-state index contributed by atoms with van der Waals surface area (Å²) < 4.78 is 43.1. The number of halogens is 1. The Labute approximate surface area is 70.8 Å². The van der Waals surface area contributed by atoms with E-state index in [0.29, 0.717) is 0 Å². The summed E-state index contributed by atoms with van der Waals surface area (Å²) in [4.78, 5) is 0. The molecule has 0 heterocycles. The molecule has 1 aliphatic carbocycles. The van der Waals surface area contributed by atoms with Crippen molar-refractivity contribution < 1.29 is 23.0 Å². The Hall–Kier alpha value is -0.720. The Bertz CT molecular complexity index is 346. The Balaban J connectivity index is 2.82. The van der Waals surface area contributed by atoms with Crippen molar-refractivity contribution in [3.05, 3.63) is 24.3 Å². The van der Waals surface area contributed by atoms with Crippen molar-refractivity contribution in [3.8, 4) is 0 Å². The summed E-state index contributed by atoms with van der Waals surface area (Å²) in [6.45, 7) is 0. The van der Waals surface area contributed by atoms with Gasteiger partial charge in [-0.2, -0.15) is 8.42 Å². The normalized spacial score (nSPS) is 36.5. The van der Waals surface area contributed by atoms with Crippen molar-refractivity contribution in [1.82, 2.24) is 0 Å². The van der Waals surface area contributed by atoms with Crippen molar-refractivity contribution >= 4 is 10.5 Å². The van der Waals surface area contributed by atoms with E-state index in [1.54, 1.807) is 0 Å². The van der Waals surface area contributed by atoms with Gasteiger partial charge in [-0.15, -0.1) is 0 Å². The van der Waals surface area contributed by atoms with Crippen LogP contribution in [0.3, 0.4) is 0 Å². The first-order valence-corrected chi connectivity index (χ1v) is 4.33. The van der Waals surface area contributed by atoms with Gasteiger partial charge < -0.3 is 5.11 Å². The summed E-state index contributed by atoms with van der Waals surface area (Å²) >= 11 is 0. The van der Waals surface area contributed by atoms with Crippen LogP contribution >= 0.6 is 0 Å². The maximum absolute atomic E-state index is 12.0. The monoisotopic (exact) mass is 195 g/mol. The second kappa shape index (κ2) is 3.34. The Morgan fingerprint density at radius 3 is 2.58 bits per heavy atom. The number of allylic oxidation sites excluding steroid dienone is 2. The fourth-order valence-electron chi connectivity index (χ4n) is 0.718. The van der Waals surface area contributed by atoms with E-state index in [1.165, 1.54) is 12.2 Å². The van der Waals surface area contributed by atoms with Crippen LogP contribution in [-0.4, -0.2) is 25.7 Å². The molecule has 0 aliphatic heterocycles. The molecule has 0 aromatic heterocycles. The maximum Gasteiger partial charge on any atom is 0.438 e. The average molecular weight is 195 g/mol. The zero-order valence-corrected chi connectivity index (χ0v) is 6.66. The fraction of sp³-hybridized carbons (Fsp3) is 0.333. The van der Waals surface area contributed by atoms with Gasteiger partial charge in [0.1, 0.15) is 12.2 Å². The Kier molecular flexibility index (Phi) is 2.20. The van der Waals surface area contributed by atoms with Crippen molar-refractivity contribution in [1.29, 1.82) is 0 Å². The summed E-state index contributed by atoms with van der Waals surface area (Å²) in [6.07, 6.45) is 0.935. The summed E-state index contributed by atoms with van der Waals surface area (Å²) in [5.74, 6) is 0. The summed E-state index contributed by atoms with van der Waals surface area (Å²) in [7, 11) is -5.16. The van der Waals surface area contributed by atoms with E-state index in [9.17, 15) is 17.4 Å². The summed E-state index contributed by atoms with van der Waals surface area (Å²) in [6, 6.07) is 0. The highest BCUT2D eigenvalue weighted by molar-refractivity contribution is 7.81. The fourth-order valence-corrected chi connectivity index (χ4v) is 1.13. The van der Waals surface area contributed by atoms with Crippen molar-refractivity contribution in [2.24, 2.45) is 0 Å². The number of rotatable bonds is 2. The highest BCUT2D eigenvalue weighted by atomic mass is 32.3. The molecule has 2 unspecified atom stereocenters. The van der Waals surface area contributed by atoms with E-state index in [0.717, 1.165) is 12.2 Å². The molecule has 2 atom stereocenters.